The van der Waals surface area contributed by atoms with E-state index < -0.39 is 10.0 Å². The number of rotatable bonds is 5. The van der Waals surface area contributed by atoms with Crippen molar-refractivity contribution in [2.45, 2.75) is 23.8 Å². The second-order valence-electron chi connectivity index (χ2n) is 6.00. The fraction of sp³-hybridized carbons (Fsp3) is 0.467. The Morgan fingerprint density at radius 1 is 1.44 bits per heavy atom. The summed E-state index contributed by atoms with van der Waals surface area (Å²) in [4.78, 5) is 14.8. The number of piperidine rings is 1. The van der Waals surface area contributed by atoms with Crippen molar-refractivity contribution in [3.63, 3.8) is 0 Å². The molecule has 2 aromatic heterocycles. The fourth-order valence-corrected chi connectivity index (χ4v) is 5.31. The van der Waals surface area contributed by atoms with Gasteiger partial charge in [-0.2, -0.15) is 5.10 Å². The summed E-state index contributed by atoms with van der Waals surface area (Å²) in [6.07, 6.45) is 4.90. The van der Waals surface area contributed by atoms with Gasteiger partial charge in [0.1, 0.15) is 9.77 Å². The van der Waals surface area contributed by atoms with Crippen LogP contribution in [-0.4, -0.2) is 55.2 Å². The fourth-order valence-electron chi connectivity index (χ4n) is 2.89. The van der Waals surface area contributed by atoms with Gasteiger partial charge in [-0.15, -0.1) is 11.3 Å². The molecule has 10 heteroatoms. The SMILES string of the molecule is CNC1CCCN(C(=O)c2sccc2S(=O)(=O)Nc2cnn(C)c2)C1. The van der Waals surface area contributed by atoms with Crippen LogP contribution in [0, 0.1) is 0 Å². The molecule has 25 heavy (non-hydrogen) atoms. The Balaban J connectivity index is 1.83. The molecule has 2 N–H and O–H groups in total. The summed E-state index contributed by atoms with van der Waals surface area (Å²) in [6, 6.07) is 1.71. The van der Waals surface area contributed by atoms with E-state index >= 15 is 0 Å². The first-order valence-electron chi connectivity index (χ1n) is 7.96. The quantitative estimate of drug-likeness (QED) is 0.806. The standard InChI is InChI=1S/C15H21N5O3S2/c1-16-11-4-3-6-20(10-11)15(21)14-13(5-7-24-14)25(22,23)18-12-8-17-19(2)9-12/h5,7-9,11,16,18H,3-4,6,10H2,1-2H3. The third kappa shape index (κ3) is 3.86. The third-order valence-electron chi connectivity index (χ3n) is 4.19. The molecule has 2 aromatic rings. The lowest BCUT2D eigenvalue weighted by Gasteiger charge is -2.32. The first kappa shape index (κ1) is 17.9. The summed E-state index contributed by atoms with van der Waals surface area (Å²) in [5, 5.41) is 8.75. The van der Waals surface area contributed by atoms with Crippen LogP contribution in [0.2, 0.25) is 0 Å². The average molecular weight is 383 g/mol. The van der Waals surface area contributed by atoms with E-state index in [0.29, 0.717) is 18.8 Å². The van der Waals surface area contributed by atoms with E-state index in [4.69, 9.17) is 0 Å². The Hall–Kier alpha value is -1.91. The van der Waals surface area contributed by atoms with E-state index in [9.17, 15) is 13.2 Å². The normalized spacial score (nSPS) is 18.3. The molecule has 0 spiro atoms. The molecular weight excluding hydrogens is 362 g/mol. The number of carbonyl (C=O) groups excluding carboxylic acids is 1. The molecule has 1 unspecified atom stereocenters. The smallest absolute Gasteiger partial charge is 0.265 e. The van der Waals surface area contributed by atoms with Crippen LogP contribution in [0.15, 0.2) is 28.7 Å². The summed E-state index contributed by atoms with van der Waals surface area (Å²) in [6.45, 7) is 1.23. The topological polar surface area (TPSA) is 96.3 Å². The van der Waals surface area contributed by atoms with Gasteiger partial charge in [-0.3, -0.25) is 14.2 Å². The van der Waals surface area contributed by atoms with Crippen molar-refractivity contribution >= 4 is 33.0 Å². The molecule has 0 aliphatic carbocycles. The number of aromatic nitrogens is 2. The van der Waals surface area contributed by atoms with Crippen LogP contribution >= 0.6 is 11.3 Å². The highest BCUT2D eigenvalue weighted by molar-refractivity contribution is 7.93. The highest BCUT2D eigenvalue weighted by atomic mass is 32.2. The number of carbonyl (C=O) groups is 1. The van der Waals surface area contributed by atoms with E-state index in [1.165, 1.54) is 16.9 Å². The van der Waals surface area contributed by atoms with Crippen molar-refractivity contribution in [3.05, 3.63) is 28.7 Å². The Morgan fingerprint density at radius 3 is 2.92 bits per heavy atom. The molecule has 0 bridgehead atoms. The molecule has 3 rings (SSSR count). The maximum absolute atomic E-state index is 12.8. The van der Waals surface area contributed by atoms with Crippen LogP contribution in [0.3, 0.4) is 0 Å². The molecule has 8 nitrogen and oxygen atoms in total. The van der Waals surface area contributed by atoms with Crippen molar-refractivity contribution < 1.29 is 13.2 Å². The van der Waals surface area contributed by atoms with Crippen molar-refractivity contribution in [2.24, 2.45) is 7.05 Å². The molecular formula is C15H21N5O3S2. The monoisotopic (exact) mass is 383 g/mol. The molecule has 1 atom stereocenters. The number of thiophene rings is 1. The number of amides is 1. The minimum absolute atomic E-state index is 0.0120. The van der Waals surface area contributed by atoms with Gasteiger partial charge >= 0.3 is 0 Å². The van der Waals surface area contributed by atoms with E-state index in [2.05, 4.69) is 15.1 Å². The maximum Gasteiger partial charge on any atom is 0.265 e. The van der Waals surface area contributed by atoms with Gasteiger partial charge in [0.05, 0.1) is 11.9 Å². The molecule has 0 aromatic carbocycles. The van der Waals surface area contributed by atoms with Gasteiger partial charge in [0.15, 0.2) is 0 Å². The first-order chi connectivity index (χ1) is 11.9. The van der Waals surface area contributed by atoms with Gasteiger partial charge in [0, 0.05) is 32.4 Å². The number of anilines is 1. The minimum atomic E-state index is -3.85. The zero-order chi connectivity index (χ0) is 18.0. The number of sulfonamides is 1. The second kappa shape index (κ2) is 7.14. The molecule has 1 aliphatic rings. The zero-order valence-corrected chi connectivity index (χ0v) is 15.7. The molecule has 136 valence electrons. The highest BCUT2D eigenvalue weighted by Crippen LogP contribution is 2.26. The molecule has 1 amide bonds. The number of nitrogens with one attached hydrogen (secondary N) is 2. The van der Waals surface area contributed by atoms with Gasteiger partial charge in [0.2, 0.25) is 0 Å². The molecule has 3 heterocycles. The average Bonchev–Trinajstić information content (AvgIpc) is 3.23. The van der Waals surface area contributed by atoms with Crippen LogP contribution in [0.1, 0.15) is 22.5 Å². The Kier molecular flexibility index (Phi) is 5.11. The third-order valence-corrected chi connectivity index (χ3v) is 6.64. The van der Waals surface area contributed by atoms with Gasteiger partial charge < -0.3 is 10.2 Å². The summed E-state index contributed by atoms with van der Waals surface area (Å²) in [5.41, 5.74) is 0.361. The Labute approximate surface area is 150 Å². The van der Waals surface area contributed by atoms with Gasteiger partial charge in [-0.25, -0.2) is 8.42 Å². The molecule has 1 fully saturated rings. The highest BCUT2D eigenvalue weighted by Gasteiger charge is 2.30. The summed E-state index contributed by atoms with van der Waals surface area (Å²) < 4.78 is 29.3. The number of hydrogen-bond acceptors (Lipinski definition) is 6. The van der Waals surface area contributed by atoms with Crippen molar-refractivity contribution in [1.29, 1.82) is 0 Å². The molecule has 0 radical (unpaired) electrons. The van der Waals surface area contributed by atoms with E-state index in [1.807, 2.05) is 7.05 Å². The van der Waals surface area contributed by atoms with Crippen molar-refractivity contribution in [3.8, 4) is 0 Å². The van der Waals surface area contributed by atoms with E-state index in [0.717, 1.165) is 24.2 Å². The molecule has 0 saturated carbocycles. The van der Waals surface area contributed by atoms with Gasteiger partial charge in [-0.1, -0.05) is 0 Å². The minimum Gasteiger partial charge on any atom is -0.336 e. The summed E-state index contributed by atoms with van der Waals surface area (Å²) in [5.74, 6) is -0.235. The lowest BCUT2D eigenvalue weighted by Crippen LogP contribution is -2.47. The van der Waals surface area contributed by atoms with E-state index in [-0.39, 0.29) is 21.7 Å². The summed E-state index contributed by atoms with van der Waals surface area (Å²) in [7, 11) is -0.273. The van der Waals surface area contributed by atoms with Crippen LogP contribution in [0.25, 0.3) is 0 Å². The van der Waals surface area contributed by atoms with E-state index in [1.54, 1.807) is 23.5 Å². The number of aryl methyl sites for hydroxylation is 1. The predicted octanol–water partition coefficient (Wildman–Crippen LogP) is 1.11. The molecule has 1 aliphatic heterocycles. The maximum atomic E-state index is 12.8. The molecule has 1 saturated heterocycles. The van der Waals surface area contributed by atoms with Crippen molar-refractivity contribution in [2.75, 3.05) is 24.9 Å². The zero-order valence-electron chi connectivity index (χ0n) is 14.1. The largest absolute Gasteiger partial charge is 0.336 e. The number of nitrogens with zero attached hydrogens (tertiary/aromatic N) is 3. The predicted molar refractivity (Wildman–Crippen MR) is 96.3 cm³/mol. The Bertz CT molecular complexity index is 858. The number of hydrogen-bond donors (Lipinski definition) is 2. The van der Waals surface area contributed by atoms with Crippen LogP contribution in [0.5, 0.6) is 0 Å². The van der Waals surface area contributed by atoms with Gasteiger partial charge in [0.25, 0.3) is 15.9 Å². The van der Waals surface area contributed by atoms with Crippen LogP contribution in [-0.2, 0) is 17.1 Å². The number of likely N-dealkylation sites (tertiary alicyclic amines) is 1. The van der Waals surface area contributed by atoms with Gasteiger partial charge in [-0.05, 0) is 31.3 Å². The first-order valence-corrected chi connectivity index (χ1v) is 10.3. The van der Waals surface area contributed by atoms with Crippen LogP contribution in [0.4, 0.5) is 5.69 Å². The lowest BCUT2D eigenvalue weighted by atomic mass is 10.1. The Morgan fingerprint density at radius 2 is 2.24 bits per heavy atom. The second-order valence-corrected chi connectivity index (χ2v) is 8.57. The number of likely N-dealkylation sites (N-methyl/N-ethyl adjacent to an activating group) is 1. The van der Waals surface area contributed by atoms with Crippen LogP contribution < -0.4 is 10.0 Å². The van der Waals surface area contributed by atoms with Crippen molar-refractivity contribution in [1.82, 2.24) is 20.0 Å². The summed E-state index contributed by atoms with van der Waals surface area (Å²) >= 11 is 1.15. The lowest BCUT2D eigenvalue weighted by molar-refractivity contribution is 0.0699.